The number of benzene rings is 2. The number of anilines is 4. The SMILES string of the molecule is Clc1cccc(Nc2nncc(N3CCc4ccccc43)n2)c1Cl. The summed E-state index contributed by atoms with van der Waals surface area (Å²) in [4.78, 5) is 6.69. The van der Waals surface area contributed by atoms with E-state index < -0.39 is 0 Å². The lowest BCUT2D eigenvalue weighted by atomic mass is 10.2. The molecule has 1 aliphatic rings. The Hall–Kier alpha value is -2.37. The van der Waals surface area contributed by atoms with E-state index in [0.29, 0.717) is 21.7 Å². The maximum Gasteiger partial charge on any atom is 0.249 e. The van der Waals surface area contributed by atoms with Crippen molar-refractivity contribution in [2.75, 3.05) is 16.8 Å². The van der Waals surface area contributed by atoms with Crippen LogP contribution in [-0.2, 0) is 6.42 Å². The van der Waals surface area contributed by atoms with E-state index in [1.165, 1.54) is 5.56 Å². The molecule has 1 aromatic heterocycles. The van der Waals surface area contributed by atoms with Crippen LogP contribution in [0.2, 0.25) is 10.0 Å². The van der Waals surface area contributed by atoms with Crippen LogP contribution in [0.4, 0.5) is 23.1 Å². The molecule has 0 atom stereocenters. The van der Waals surface area contributed by atoms with Crippen molar-refractivity contribution in [1.29, 1.82) is 0 Å². The van der Waals surface area contributed by atoms with Crippen molar-refractivity contribution in [3.8, 4) is 0 Å². The standard InChI is InChI=1S/C17H13Cl2N5/c18-12-5-3-6-13(16(12)19)21-17-22-15(10-20-23-17)24-9-8-11-4-1-2-7-14(11)24/h1-7,10H,8-9H2,(H,21,22,23). The molecule has 2 heterocycles. The number of halogens is 2. The molecule has 120 valence electrons. The van der Waals surface area contributed by atoms with Gasteiger partial charge in [0.05, 0.1) is 21.9 Å². The van der Waals surface area contributed by atoms with Crippen LogP contribution < -0.4 is 10.2 Å². The first-order chi connectivity index (χ1) is 11.7. The fourth-order valence-electron chi connectivity index (χ4n) is 2.77. The summed E-state index contributed by atoms with van der Waals surface area (Å²) in [7, 11) is 0. The maximum absolute atomic E-state index is 6.20. The van der Waals surface area contributed by atoms with E-state index in [4.69, 9.17) is 23.2 Å². The van der Waals surface area contributed by atoms with Gasteiger partial charge in [0.25, 0.3) is 0 Å². The summed E-state index contributed by atoms with van der Waals surface area (Å²) in [6.45, 7) is 0.870. The zero-order chi connectivity index (χ0) is 16.5. The lowest BCUT2D eigenvalue weighted by molar-refractivity contribution is 0.920. The number of para-hydroxylation sites is 1. The van der Waals surface area contributed by atoms with Gasteiger partial charge in [-0.15, -0.1) is 5.10 Å². The molecular formula is C17H13Cl2N5. The summed E-state index contributed by atoms with van der Waals surface area (Å²) in [6, 6.07) is 13.7. The van der Waals surface area contributed by atoms with Crippen LogP contribution >= 0.6 is 23.2 Å². The Kier molecular flexibility index (Phi) is 3.96. The van der Waals surface area contributed by atoms with Crippen molar-refractivity contribution in [2.24, 2.45) is 0 Å². The third kappa shape index (κ3) is 2.77. The van der Waals surface area contributed by atoms with E-state index in [1.807, 2.05) is 18.2 Å². The highest BCUT2D eigenvalue weighted by molar-refractivity contribution is 6.43. The van der Waals surface area contributed by atoms with Gasteiger partial charge in [0.1, 0.15) is 0 Å². The lowest BCUT2D eigenvalue weighted by Crippen LogP contribution is -2.16. The highest BCUT2D eigenvalue weighted by Gasteiger charge is 2.21. The van der Waals surface area contributed by atoms with Crippen LogP contribution in [0, 0.1) is 0 Å². The molecular weight excluding hydrogens is 345 g/mol. The smallest absolute Gasteiger partial charge is 0.249 e. The van der Waals surface area contributed by atoms with Gasteiger partial charge in [-0.2, -0.15) is 10.1 Å². The molecule has 0 aliphatic carbocycles. The molecule has 0 unspecified atom stereocenters. The predicted molar refractivity (Wildman–Crippen MR) is 96.7 cm³/mol. The van der Waals surface area contributed by atoms with Crippen LogP contribution in [-0.4, -0.2) is 21.7 Å². The first-order valence-corrected chi connectivity index (χ1v) is 8.24. The van der Waals surface area contributed by atoms with Crippen molar-refractivity contribution >= 4 is 46.3 Å². The molecule has 1 aliphatic heterocycles. The van der Waals surface area contributed by atoms with Gasteiger partial charge in [-0.3, -0.25) is 0 Å². The van der Waals surface area contributed by atoms with Crippen LogP contribution in [0.3, 0.4) is 0 Å². The number of nitrogens with zero attached hydrogens (tertiary/aromatic N) is 4. The average Bonchev–Trinajstić information content (AvgIpc) is 3.03. The minimum atomic E-state index is 0.376. The van der Waals surface area contributed by atoms with Gasteiger partial charge >= 0.3 is 0 Å². The molecule has 2 aromatic carbocycles. The summed E-state index contributed by atoms with van der Waals surface area (Å²) in [5.41, 5.74) is 3.11. The molecule has 0 amide bonds. The van der Waals surface area contributed by atoms with Crippen molar-refractivity contribution in [1.82, 2.24) is 15.2 Å². The highest BCUT2D eigenvalue weighted by Crippen LogP contribution is 2.34. The Balaban J connectivity index is 1.64. The van der Waals surface area contributed by atoms with Crippen molar-refractivity contribution in [2.45, 2.75) is 6.42 Å². The Morgan fingerprint density at radius 2 is 1.92 bits per heavy atom. The fourth-order valence-corrected chi connectivity index (χ4v) is 3.12. The van der Waals surface area contributed by atoms with E-state index in [0.717, 1.165) is 24.5 Å². The second-order valence-corrected chi connectivity index (χ2v) is 6.18. The number of fused-ring (bicyclic) bond motifs is 1. The monoisotopic (exact) mass is 357 g/mol. The third-order valence-corrected chi connectivity index (χ3v) is 4.73. The average molecular weight is 358 g/mol. The van der Waals surface area contributed by atoms with Gasteiger partial charge in [-0.05, 0) is 30.2 Å². The number of rotatable bonds is 3. The van der Waals surface area contributed by atoms with Crippen molar-refractivity contribution in [3.63, 3.8) is 0 Å². The lowest BCUT2D eigenvalue weighted by Gasteiger charge is -2.18. The normalized spacial score (nSPS) is 13.0. The Morgan fingerprint density at radius 1 is 1.04 bits per heavy atom. The van der Waals surface area contributed by atoms with Crippen molar-refractivity contribution in [3.05, 3.63) is 64.3 Å². The number of aromatic nitrogens is 3. The topological polar surface area (TPSA) is 53.9 Å². The minimum Gasteiger partial charge on any atom is -0.324 e. The largest absolute Gasteiger partial charge is 0.324 e. The van der Waals surface area contributed by atoms with Crippen molar-refractivity contribution < 1.29 is 0 Å². The zero-order valence-electron chi connectivity index (χ0n) is 12.6. The van der Waals surface area contributed by atoms with E-state index in [2.05, 4.69) is 43.6 Å². The number of hydrogen-bond acceptors (Lipinski definition) is 5. The second-order valence-electron chi connectivity index (χ2n) is 5.39. The molecule has 5 nitrogen and oxygen atoms in total. The molecule has 3 aromatic rings. The number of nitrogens with one attached hydrogen (secondary N) is 1. The predicted octanol–water partition coefficient (Wildman–Crippen LogP) is 4.62. The highest BCUT2D eigenvalue weighted by atomic mass is 35.5. The van der Waals surface area contributed by atoms with Gasteiger partial charge < -0.3 is 10.2 Å². The van der Waals surface area contributed by atoms with E-state index in [-0.39, 0.29) is 0 Å². The van der Waals surface area contributed by atoms with Gasteiger partial charge in [0, 0.05) is 12.2 Å². The molecule has 0 saturated heterocycles. The molecule has 1 N–H and O–H groups in total. The Morgan fingerprint density at radius 3 is 2.83 bits per heavy atom. The molecule has 0 bridgehead atoms. The van der Waals surface area contributed by atoms with E-state index in [9.17, 15) is 0 Å². The van der Waals surface area contributed by atoms with Gasteiger partial charge in [-0.1, -0.05) is 47.5 Å². The molecule has 0 radical (unpaired) electrons. The fraction of sp³-hybridized carbons (Fsp3) is 0.118. The van der Waals surface area contributed by atoms with Gasteiger partial charge in [0.2, 0.25) is 5.95 Å². The summed E-state index contributed by atoms with van der Waals surface area (Å²) in [5.74, 6) is 1.12. The summed E-state index contributed by atoms with van der Waals surface area (Å²) >= 11 is 12.2. The maximum atomic E-state index is 6.20. The van der Waals surface area contributed by atoms with Gasteiger partial charge in [-0.25, -0.2) is 0 Å². The molecule has 0 spiro atoms. The molecule has 0 fully saturated rings. The van der Waals surface area contributed by atoms with Crippen LogP contribution in [0.1, 0.15) is 5.56 Å². The third-order valence-electron chi connectivity index (χ3n) is 3.91. The summed E-state index contributed by atoms with van der Waals surface area (Å²) in [6.07, 6.45) is 2.65. The molecule has 7 heteroatoms. The van der Waals surface area contributed by atoms with E-state index in [1.54, 1.807) is 12.3 Å². The first kappa shape index (κ1) is 15.2. The Bertz CT molecular complexity index is 900. The Labute approximate surface area is 149 Å². The molecule has 4 rings (SSSR count). The molecule has 24 heavy (non-hydrogen) atoms. The zero-order valence-corrected chi connectivity index (χ0v) is 14.1. The van der Waals surface area contributed by atoms with E-state index >= 15 is 0 Å². The summed E-state index contributed by atoms with van der Waals surface area (Å²) in [5, 5.41) is 12.1. The first-order valence-electron chi connectivity index (χ1n) is 7.48. The van der Waals surface area contributed by atoms with Crippen LogP contribution in [0.15, 0.2) is 48.7 Å². The molecule has 0 saturated carbocycles. The summed E-state index contributed by atoms with van der Waals surface area (Å²) < 4.78 is 0. The second kappa shape index (κ2) is 6.26. The van der Waals surface area contributed by atoms with Crippen LogP contribution in [0.25, 0.3) is 0 Å². The number of hydrogen-bond donors (Lipinski definition) is 1. The quantitative estimate of drug-likeness (QED) is 0.741. The van der Waals surface area contributed by atoms with Crippen LogP contribution in [0.5, 0.6) is 0 Å². The minimum absolute atomic E-state index is 0.376. The van der Waals surface area contributed by atoms with Gasteiger partial charge in [0.15, 0.2) is 5.82 Å².